The van der Waals surface area contributed by atoms with Crippen molar-refractivity contribution in [3.05, 3.63) is 16.1 Å². The molecule has 1 heterocycles. The smallest absolute Gasteiger partial charge is 0.389 e. The van der Waals surface area contributed by atoms with Crippen molar-refractivity contribution in [2.75, 3.05) is 6.54 Å². The van der Waals surface area contributed by atoms with E-state index in [1.165, 1.54) is 0 Å². The summed E-state index contributed by atoms with van der Waals surface area (Å²) in [6.45, 7) is 0.222. The summed E-state index contributed by atoms with van der Waals surface area (Å²) in [5.74, 6) is -0.271. The lowest BCUT2D eigenvalue weighted by Gasteiger charge is -2.20. The predicted molar refractivity (Wildman–Crippen MR) is 71.9 cm³/mol. The first kappa shape index (κ1) is 16.2. The van der Waals surface area contributed by atoms with Gasteiger partial charge in [-0.15, -0.1) is 11.3 Å². The summed E-state index contributed by atoms with van der Waals surface area (Å²) in [6.07, 6.45) is -1.02. The van der Waals surface area contributed by atoms with E-state index in [-0.39, 0.29) is 25.3 Å². The summed E-state index contributed by atoms with van der Waals surface area (Å²) < 4.78 is 37.1. The lowest BCUT2D eigenvalue weighted by molar-refractivity contribution is -0.140. The quantitative estimate of drug-likeness (QED) is 0.875. The van der Waals surface area contributed by atoms with Crippen LogP contribution in [0.2, 0.25) is 0 Å². The molecule has 1 aliphatic rings. The average Bonchev–Trinajstić information content (AvgIpc) is 2.97. The van der Waals surface area contributed by atoms with Gasteiger partial charge in [0.25, 0.3) is 0 Å². The number of aliphatic hydroxyl groups is 1. The Balaban J connectivity index is 1.74. The lowest BCUT2D eigenvalue weighted by atomic mass is 9.98. The molecule has 0 spiro atoms. The first-order chi connectivity index (χ1) is 9.78. The normalized spacial score (nSPS) is 17.9. The number of thiazole rings is 1. The monoisotopic (exact) mass is 322 g/mol. The molecule has 21 heavy (non-hydrogen) atoms. The minimum absolute atomic E-state index is 0.0542. The second-order valence-corrected chi connectivity index (χ2v) is 6.28. The number of rotatable bonds is 5. The Kier molecular flexibility index (Phi) is 4.88. The summed E-state index contributed by atoms with van der Waals surface area (Å²) in [5.41, 5.74) is -1.80. The molecule has 1 fully saturated rings. The second-order valence-electron chi connectivity index (χ2n) is 5.33. The molecule has 0 unspecified atom stereocenters. The average molecular weight is 322 g/mol. The van der Waals surface area contributed by atoms with Crippen LogP contribution >= 0.6 is 11.3 Å². The Labute approximate surface area is 124 Å². The highest BCUT2D eigenvalue weighted by atomic mass is 32.1. The van der Waals surface area contributed by atoms with Crippen LogP contribution in [0, 0.1) is 0 Å². The fourth-order valence-electron chi connectivity index (χ4n) is 2.44. The van der Waals surface area contributed by atoms with Gasteiger partial charge in [-0.3, -0.25) is 4.79 Å². The van der Waals surface area contributed by atoms with Crippen LogP contribution in [-0.4, -0.2) is 28.1 Å². The van der Waals surface area contributed by atoms with Crippen LogP contribution < -0.4 is 5.32 Å². The highest BCUT2D eigenvalue weighted by Crippen LogP contribution is 2.32. The summed E-state index contributed by atoms with van der Waals surface area (Å²) in [6, 6.07) is 0. The number of nitrogens with zero attached hydrogens (tertiary/aromatic N) is 1. The van der Waals surface area contributed by atoms with Gasteiger partial charge in [0.2, 0.25) is 5.91 Å². The van der Waals surface area contributed by atoms with Crippen LogP contribution in [-0.2, 0) is 17.4 Å². The zero-order chi connectivity index (χ0) is 15.5. The van der Waals surface area contributed by atoms with Gasteiger partial charge in [0.15, 0.2) is 5.69 Å². The molecule has 4 nitrogen and oxygen atoms in total. The number of nitrogens with one attached hydrogen (secondary N) is 1. The highest BCUT2D eigenvalue weighted by molar-refractivity contribution is 7.09. The lowest BCUT2D eigenvalue weighted by Crippen LogP contribution is -2.35. The van der Waals surface area contributed by atoms with Crippen LogP contribution in [0.25, 0.3) is 0 Å². The predicted octanol–water partition coefficient (Wildman–Crippen LogP) is 2.52. The molecule has 1 amide bonds. The molecule has 118 valence electrons. The molecule has 0 aliphatic heterocycles. The van der Waals surface area contributed by atoms with Crippen molar-refractivity contribution in [1.29, 1.82) is 0 Å². The van der Waals surface area contributed by atoms with Gasteiger partial charge in [0.1, 0.15) is 0 Å². The third kappa shape index (κ3) is 4.67. The topological polar surface area (TPSA) is 62.2 Å². The van der Waals surface area contributed by atoms with E-state index in [9.17, 15) is 23.1 Å². The number of amides is 1. The number of hydrogen-bond donors (Lipinski definition) is 2. The number of carbonyl (C=O) groups is 1. The second kappa shape index (κ2) is 6.31. The Morgan fingerprint density at radius 3 is 2.67 bits per heavy atom. The van der Waals surface area contributed by atoms with Crippen molar-refractivity contribution >= 4 is 17.2 Å². The maximum Gasteiger partial charge on any atom is 0.434 e. The Morgan fingerprint density at radius 2 is 2.10 bits per heavy atom. The van der Waals surface area contributed by atoms with E-state index in [0.717, 1.165) is 29.6 Å². The molecule has 1 aliphatic carbocycles. The SMILES string of the molecule is O=C(CC1(O)CCCC1)NCCc1nc(C(F)(F)F)cs1. The van der Waals surface area contributed by atoms with Crippen LogP contribution in [0.15, 0.2) is 5.38 Å². The molecule has 1 aromatic heterocycles. The van der Waals surface area contributed by atoms with E-state index >= 15 is 0 Å². The van der Waals surface area contributed by atoms with Crippen molar-refractivity contribution in [3.63, 3.8) is 0 Å². The van der Waals surface area contributed by atoms with Crippen molar-refractivity contribution < 1.29 is 23.1 Å². The summed E-state index contributed by atoms with van der Waals surface area (Å²) in [4.78, 5) is 15.2. The van der Waals surface area contributed by atoms with Crippen molar-refractivity contribution in [3.8, 4) is 0 Å². The number of aromatic nitrogens is 1. The molecule has 0 aromatic carbocycles. The minimum Gasteiger partial charge on any atom is -0.389 e. The number of hydrogen-bond acceptors (Lipinski definition) is 4. The molecule has 0 atom stereocenters. The molecule has 1 saturated carbocycles. The van der Waals surface area contributed by atoms with Crippen LogP contribution in [0.1, 0.15) is 42.8 Å². The molecule has 0 bridgehead atoms. The minimum atomic E-state index is -4.43. The van der Waals surface area contributed by atoms with E-state index in [2.05, 4.69) is 10.3 Å². The van der Waals surface area contributed by atoms with E-state index < -0.39 is 17.5 Å². The maximum atomic E-state index is 12.4. The van der Waals surface area contributed by atoms with Gasteiger partial charge in [-0.2, -0.15) is 13.2 Å². The van der Waals surface area contributed by atoms with E-state index in [0.29, 0.717) is 17.8 Å². The third-order valence-corrected chi connectivity index (χ3v) is 4.44. The molecule has 1 aromatic rings. The van der Waals surface area contributed by atoms with Gasteiger partial charge in [0, 0.05) is 18.3 Å². The molecule has 0 radical (unpaired) electrons. The summed E-state index contributed by atoms with van der Waals surface area (Å²) in [7, 11) is 0. The first-order valence-electron chi connectivity index (χ1n) is 6.79. The maximum absolute atomic E-state index is 12.4. The molecular weight excluding hydrogens is 305 g/mol. The van der Waals surface area contributed by atoms with Crippen LogP contribution in [0.5, 0.6) is 0 Å². The highest BCUT2D eigenvalue weighted by Gasteiger charge is 2.34. The van der Waals surface area contributed by atoms with Crippen LogP contribution in [0.3, 0.4) is 0 Å². The Morgan fingerprint density at radius 1 is 1.43 bits per heavy atom. The van der Waals surface area contributed by atoms with Gasteiger partial charge in [-0.05, 0) is 12.8 Å². The third-order valence-electron chi connectivity index (χ3n) is 3.53. The van der Waals surface area contributed by atoms with Gasteiger partial charge in [-0.25, -0.2) is 4.98 Å². The summed E-state index contributed by atoms with van der Waals surface area (Å²) >= 11 is 0.928. The van der Waals surface area contributed by atoms with E-state index in [4.69, 9.17) is 0 Å². The fraction of sp³-hybridized carbons (Fsp3) is 0.692. The summed E-state index contributed by atoms with van der Waals surface area (Å²) in [5, 5.41) is 14.0. The van der Waals surface area contributed by atoms with Gasteiger partial charge < -0.3 is 10.4 Å². The van der Waals surface area contributed by atoms with Gasteiger partial charge in [0.05, 0.1) is 17.0 Å². The van der Waals surface area contributed by atoms with Crippen molar-refractivity contribution in [2.45, 2.75) is 50.3 Å². The van der Waals surface area contributed by atoms with Gasteiger partial charge in [-0.1, -0.05) is 12.8 Å². The Hall–Kier alpha value is -1.15. The molecule has 2 N–H and O–H groups in total. The molecular formula is C13H17F3N2O2S. The Bertz CT molecular complexity index is 496. The van der Waals surface area contributed by atoms with E-state index in [1.807, 2.05) is 0 Å². The fourth-order valence-corrected chi connectivity index (χ4v) is 3.24. The number of halogens is 3. The van der Waals surface area contributed by atoms with Gasteiger partial charge >= 0.3 is 6.18 Å². The number of alkyl halides is 3. The van der Waals surface area contributed by atoms with Crippen molar-refractivity contribution in [2.24, 2.45) is 0 Å². The zero-order valence-electron chi connectivity index (χ0n) is 11.4. The van der Waals surface area contributed by atoms with E-state index in [1.54, 1.807) is 0 Å². The zero-order valence-corrected chi connectivity index (χ0v) is 12.2. The van der Waals surface area contributed by atoms with Crippen molar-refractivity contribution in [1.82, 2.24) is 10.3 Å². The molecule has 8 heteroatoms. The molecule has 0 saturated heterocycles. The number of carbonyl (C=O) groups excluding carboxylic acids is 1. The largest absolute Gasteiger partial charge is 0.434 e. The molecule has 2 rings (SSSR count). The first-order valence-corrected chi connectivity index (χ1v) is 7.67. The standard InChI is InChI=1S/C13H17F3N2O2S/c14-13(15,16)9-8-21-11(18-9)3-6-17-10(19)7-12(20)4-1-2-5-12/h8,20H,1-7H2,(H,17,19). The van der Waals surface area contributed by atoms with Crippen LogP contribution in [0.4, 0.5) is 13.2 Å².